The first-order chi connectivity index (χ1) is 25.2. The number of furan rings is 1. The van der Waals surface area contributed by atoms with Gasteiger partial charge in [0.2, 0.25) is 12.3 Å². The molecule has 0 fully saturated rings. The zero-order valence-electron chi connectivity index (χ0n) is 32.7. The molecule has 1 aromatic carbocycles. The van der Waals surface area contributed by atoms with Crippen LogP contribution >= 0.6 is 7.60 Å². The number of hydrogen-bond acceptors (Lipinski definition) is 11. The lowest BCUT2D eigenvalue weighted by Gasteiger charge is -2.32. The maximum atomic E-state index is 14.0. The molecule has 14 nitrogen and oxygen atoms in total. The highest BCUT2D eigenvalue weighted by molar-refractivity contribution is 7.62. The summed E-state index contributed by atoms with van der Waals surface area (Å²) in [6.07, 6.45) is 5.65. The smallest absolute Gasteiger partial charge is 0.494 e. The summed E-state index contributed by atoms with van der Waals surface area (Å²) < 4.78 is 42.6. The molecule has 0 saturated carbocycles. The Labute approximate surface area is 314 Å². The van der Waals surface area contributed by atoms with Crippen molar-refractivity contribution in [2.24, 2.45) is 5.92 Å². The van der Waals surface area contributed by atoms with Gasteiger partial charge in [-0.3, -0.25) is 18.9 Å². The van der Waals surface area contributed by atoms with Gasteiger partial charge in [0.05, 0.1) is 43.8 Å². The Bertz CT molecular complexity index is 1480. The second-order valence-electron chi connectivity index (χ2n) is 13.5. The molecule has 1 heterocycles. The van der Waals surface area contributed by atoms with Crippen LogP contribution in [0.2, 0.25) is 0 Å². The molecule has 0 unspecified atom stereocenters. The van der Waals surface area contributed by atoms with Crippen molar-refractivity contribution >= 4 is 37.3 Å². The topological polar surface area (TPSA) is 172 Å². The fourth-order valence-corrected chi connectivity index (χ4v) is 6.99. The molecule has 0 aliphatic heterocycles. The zero-order valence-corrected chi connectivity index (χ0v) is 33.6. The first-order valence-corrected chi connectivity index (χ1v) is 20.3. The van der Waals surface area contributed by atoms with Gasteiger partial charge >= 0.3 is 13.8 Å². The van der Waals surface area contributed by atoms with E-state index in [1.54, 1.807) is 52.0 Å². The molecule has 2 rings (SSSR count). The Hall–Kier alpha value is -3.87. The molecule has 0 radical (unpaired) electrons. The third-order valence-electron chi connectivity index (χ3n) is 8.00. The summed E-state index contributed by atoms with van der Waals surface area (Å²) in [4.78, 5) is 56.2. The lowest BCUT2D eigenvalue weighted by molar-refractivity contribution is -0.182. The van der Waals surface area contributed by atoms with E-state index < -0.39 is 43.1 Å². The van der Waals surface area contributed by atoms with Crippen molar-refractivity contribution in [1.29, 1.82) is 0 Å². The SMILES string of the molecule is CCCCC[C@@H](C(=O)NCNC(=O)c1ccc(-c2cc(OCC)cc(P(=O)(OCCCC)OCCCC)c2)o1)[C@@H](CC)N(C=O)OC(=O)OC(C)(C)C. The summed E-state index contributed by atoms with van der Waals surface area (Å²) in [5, 5.41) is 6.50. The van der Waals surface area contributed by atoms with Crippen molar-refractivity contribution < 1.29 is 51.5 Å². The van der Waals surface area contributed by atoms with Crippen molar-refractivity contribution in [3.63, 3.8) is 0 Å². The minimum atomic E-state index is -3.71. The van der Waals surface area contributed by atoms with Crippen LogP contribution in [-0.4, -0.2) is 67.6 Å². The van der Waals surface area contributed by atoms with E-state index >= 15 is 0 Å². The highest BCUT2D eigenvalue weighted by Crippen LogP contribution is 2.49. The number of carbonyl (C=O) groups is 4. The van der Waals surface area contributed by atoms with Crippen LogP contribution < -0.4 is 20.7 Å². The Kier molecular flexibility index (Phi) is 19.7. The third-order valence-corrected chi connectivity index (χ3v) is 9.94. The quantitative estimate of drug-likeness (QED) is 0.0251. The largest absolute Gasteiger partial charge is 0.534 e. The van der Waals surface area contributed by atoms with E-state index in [9.17, 15) is 23.7 Å². The van der Waals surface area contributed by atoms with Crippen LogP contribution in [0.25, 0.3) is 11.3 Å². The summed E-state index contributed by atoms with van der Waals surface area (Å²) >= 11 is 0. The molecule has 0 saturated heterocycles. The van der Waals surface area contributed by atoms with Gasteiger partial charge < -0.3 is 38.4 Å². The van der Waals surface area contributed by atoms with E-state index in [1.165, 1.54) is 6.07 Å². The van der Waals surface area contributed by atoms with E-state index in [1.807, 2.05) is 27.7 Å². The van der Waals surface area contributed by atoms with Gasteiger partial charge in [-0.2, -0.15) is 5.06 Å². The first kappa shape index (κ1) is 45.3. The number of nitrogens with zero attached hydrogens (tertiary/aromatic N) is 1. The molecule has 0 aliphatic carbocycles. The highest BCUT2D eigenvalue weighted by atomic mass is 31.2. The van der Waals surface area contributed by atoms with Gasteiger partial charge in [-0.25, -0.2) is 4.79 Å². The number of hydroxylamine groups is 2. The second kappa shape index (κ2) is 23.0. The number of amides is 3. The normalized spacial score (nSPS) is 12.8. The average molecular weight is 766 g/mol. The summed E-state index contributed by atoms with van der Waals surface area (Å²) in [5.41, 5.74) is -0.338. The Balaban J connectivity index is 2.23. The molecule has 0 spiro atoms. The van der Waals surface area contributed by atoms with E-state index in [2.05, 4.69) is 10.6 Å². The van der Waals surface area contributed by atoms with Crippen LogP contribution in [0.1, 0.15) is 124 Å². The molecule has 298 valence electrons. The van der Waals surface area contributed by atoms with Crippen LogP contribution in [0.15, 0.2) is 34.7 Å². The maximum Gasteiger partial charge on any atom is 0.534 e. The van der Waals surface area contributed by atoms with Gasteiger partial charge in [0.15, 0.2) is 5.76 Å². The summed E-state index contributed by atoms with van der Waals surface area (Å²) in [5.74, 6) is -1.04. The van der Waals surface area contributed by atoms with Crippen LogP contribution in [0.3, 0.4) is 0 Å². The van der Waals surface area contributed by atoms with Gasteiger partial charge in [-0.1, -0.05) is 59.8 Å². The van der Waals surface area contributed by atoms with Gasteiger partial charge in [0.25, 0.3) is 5.91 Å². The molecule has 0 aliphatic rings. The predicted octanol–water partition coefficient (Wildman–Crippen LogP) is 7.90. The fourth-order valence-electron chi connectivity index (χ4n) is 5.30. The molecular formula is C38H60N3O11P. The van der Waals surface area contributed by atoms with Gasteiger partial charge in [0.1, 0.15) is 17.1 Å². The van der Waals surface area contributed by atoms with Gasteiger partial charge in [-0.05, 0) is 83.7 Å². The number of ether oxygens (including phenoxy) is 2. The van der Waals surface area contributed by atoms with Crippen molar-refractivity contribution in [1.82, 2.24) is 15.7 Å². The van der Waals surface area contributed by atoms with Crippen molar-refractivity contribution in [2.45, 2.75) is 125 Å². The Morgan fingerprint density at radius 3 is 2.13 bits per heavy atom. The number of benzene rings is 1. The summed E-state index contributed by atoms with van der Waals surface area (Å²) in [6.45, 7) is 15.3. The monoisotopic (exact) mass is 765 g/mol. The van der Waals surface area contributed by atoms with E-state index in [-0.39, 0.29) is 25.6 Å². The summed E-state index contributed by atoms with van der Waals surface area (Å²) in [6, 6.07) is 7.33. The standard InChI is InChI=1S/C38H60N3O11P/c1-9-14-17-18-31(32(12-4)41(27-42)52-37(45)51-38(6,7)8)35(43)39-26-40-36(44)34-20-19-33(50-34)28-23-29(47-13-5)25-30(24-28)53(46,48-21-15-10-2)49-22-16-11-3/h19-20,23-25,27,31-32H,9-18,21-22,26H2,1-8H3,(H,39,43)(H,40,44)/t31-,32-/m1/s1. The molecule has 15 heteroatoms. The molecule has 53 heavy (non-hydrogen) atoms. The van der Waals surface area contributed by atoms with E-state index in [0.29, 0.717) is 67.5 Å². The molecular weight excluding hydrogens is 705 g/mol. The van der Waals surface area contributed by atoms with Crippen LogP contribution in [0.5, 0.6) is 5.75 Å². The minimum absolute atomic E-state index is 0.0250. The molecule has 3 amide bonds. The van der Waals surface area contributed by atoms with Crippen LogP contribution in [0.4, 0.5) is 4.79 Å². The van der Waals surface area contributed by atoms with Gasteiger partial charge in [0, 0.05) is 5.56 Å². The molecule has 0 bridgehead atoms. The minimum Gasteiger partial charge on any atom is -0.494 e. The second-order valence-corrected chi connectivity index (χ2v) is 15.5. The van der Waals surface area contributed by atoms with Crippen LogP contribution in [-0.2, 0) is 32.8 Å². The number of rotatable bonds is 25. The number of carbonyl (C=O) groups excluding carboxylic acids is 4. The average Bonchev–Trinajstić information content (AvgIpc) is 3.61. The Morgan fingerprint density at radius 1 is 0.906 bits per heavy atom. The maximum absolute atomic E-state index is 14.0. The lowest BCUT2D eigenvalue weighted by atomic mass is 9.90. The number of nitrogens with one attached hydrogen (secondary N) is 2. The molecule has 2 atom stereocenters. The Morgan fingerprint density at radius 2 is 1.57 bits per heavy atom. The molecule has 1 aromatic heterocycles. The van der Waals surface area contributed by atoms with E-state index in [4.69, 9.17) is 27.8 Å². The fraction of sp³-hybridized carbons (Fsp3) is 0.632. The highest BCUT2D eigenvalue weighted by Gasteiger charge is 2.34. The van der Waals surface area contributed by atoms with Crippen molar-refractivity contribution in [3.8, 4) is 17.1 Å². The van der Waals surface area contributed by atoms with Gasteiger partial charge in [-0.15, -0.1) is 0 Å². The lowest BCUT2D eigenvalue weighted by Crippen LogP contribution is -2.49. The zero-order chi connectivity index (χ0) is 39.4. The third kappa shape index (κ3) is 15.2. The van der Waals surface area contributed by atoms with Crippen molar-refractivity contribution in [2.75, 3.05) is 26.5 Å². The molecule has 2 aromatic rings. The molecule has 2 N–H and O–H groups in total. The van der Waals surface area contributed by atoms with E-state index in [0.717, 1.165) is 30.7 Å². The first-order valence-electron chi connectivity index (χ1n) is 18.7. The number of hydrogen-bond donors (Lipinski definition) is 2. The van der Waals surface area contributed by atoms with Crippen LogP contribution in [0, 0.1) is 5.92 Å². The number of unbranched alkanes of at least 4 members (excludes halogenated alkanes) is 4. The predicted molar refractivity (Wildman–Crippen MR) is 202 cm³/mol. The summed E-state index contributed by atoms with van der Waals surface area (Å²) in [7, 11) is -3.71. The van der Waals surface area contributed by atoms with Crippen molar-refractivity contribution in [3.05, 3.63) is 36.1 Å².